The van der Waals surface area contributed by atoms with Crippen molar-refractivity contribution in [3.63, 3.8) is 0 Å². The molecule has 5 heteroatoms. The lowest BCUT2D eigenvalue weighted by Crippen LogP contribution is -2.43. The normalized spacial score (nSPS) is 26.8. The molecule has 0 heterocycles. The number of nitrogen functional groups attached to an aromatic ring is 1. The topological polar surface area (TPSA) is 72.2 Å². The van der Waals surface area contributed by atoms with Gasteiger partial charge >= 0.3 is 0 Å². The first-order valence-corrected chi connectivity index (χ1v) is 9.10. The minimum Gasteiger partial charge on any atom is -0.397 e. The van der Waals surface area contributed by atoms with Crippen LogP contribution in [0.2, 0.25) is 0 Å². The maximum Gasteiger partial charge on any atom is 0.243 e. The van der Waals surface area contributed by atoms with E-state index in [-0.39, 0.29) is 10.9 Å². The zero-order chi connectivity index (χ0) is 15.8. The van der Waals surface area contributed by atoms with Crippen LogP contribution in [0, 0.1) is 25.7 Å². The molecule has 21 heavy (non-hydrogen) atoms. The van der Waals surface area contributed by atoms with Crippen LogP contribution < -0.4 is 10.5 Å². The predicted molar refractivity (Wildman–Crippen MR) is 86.6 cm³/mol. The Hall–Kier alpha value is -1.07. The van der Waals surface area contributed by atoms with E-state index < -0.39 is 10.0 Å². The van der Waals surface area contributed by atoms with Crippen LogP contribution in [-0.4, -0.2) is 14.5 Å². The highest BCUT2D eigenvalue weighted by atomic mass is 32.2. The number of rotatable bonds is 3. The van der Waals surface area contributed by atoms with Gasteiger partial charge in [0.1, 0.15) is 4.90 Å². The molecule has 1 saturated carbocycles. The summed E-state index contributed by atoms with van der Waals surface area (Å²) in [6.07, 6.45) is 3.14. The monoisotopic (exact) mass is 310 g/mol. The van der Waals surface area contributed by atoms with Crippen molar-refractivity contribution in [2.45, 2.75) is 57.9 Å². The molecule has 3 atom stereocenters. The molecule has 2 rings (SSSR count). The summed E-state index contributed by atoms with van der Waals surface area (Å²) in [4.78, 5) is 0.243. The minimum absolute atomic E-state index is 0.00179. The number of nitrogens with one attached hydrogen (secondary N) is 1. The number of hydrogen-bond acceptors (Lipinski definition) is 3. The maximum atomic E-state index is 12.8. The molecule has 1 fully saturated rings. The average molecular weight is 310 g/mol. The molecule has 1 aromatic rings. The lowest BCUT2D eigenvalue weighted by Gasteiger charge is -2.34. The molecule has 0 radical (unpaired) electrons. The van der Waals surface area contributed by atoms with Gasteiger partial charge in [0.2, 0.25) is 10.0 Å². The standard InChI is InChI=1S/C16H26N2O2S/c1-10-6-5-7-14(13(10)4)18-21(19,20)16-12(3)9-8-11(2)15(16)17/h8-10,13-14,18H,5-7,17H2,1-4H3. The van der Waals surface area contributed by atoms with E-state index in [0.717, 1.165) is 18.4 Å². The zero-order valence-electron chi connectivity index (χ0n) is 13.3. The number of nitrogens with two attached hydrogens (primary N) is 1. The largest absolute Gasteiger partial charge is 0.397 e. The Morgan fingerprint density at radius 1 is 1.14 bits per heavy atom. The van der Waals surface area contributed by atoms with Crippen molar-refractivity contribution < 1.29 is 8.42 Å². The van der Waals surface area contributed by atoms with E-state index >= 15 is 0 Å². The lowest BCUT2D eigenvalue weighted by atomic mass is 9.78. The second-order valence-corrected chi connectivity index (χ2v) is 8.09. The van der Waals surface area contributed by atoms with Gasteiger partial charge < -0.3 is 5.73 Å². The van der Waals surface area contributed by atoms with Crippen molar-refractivity contribution in [2.24, 2.45) is 11.8 Å². The summed E-state index contributed by atoms with van der Waals surface area (Å²) >= 11 is 0. The van der Waals surface area contributed by atoms with Gasteiger partial charge in [0, 0.05) is 6.04 Å². The average Bonchev–Trinajstić information content (AvgIpc) is 2.39. The van der Waals surface area contributed by atoms with E-state index in [9.17, 15) is 8.42 Å². The van der Waals surface area contributed by atoms with E-state index in [0.29, 0.717) is 23.1 Å². The minimum atomic E-state index is -3.58. The van der Waals surface area contributed by atoms with Crippen LogP contribution in [0.3, 0.4) is 0 Å². The summed E-state index contributed by atoms with van der Waals surface area (Å²) in [6, 6.07) is 3.67. The van der Waals surface area contributed by atoms with E-state index in [1.54, 1.807) is 6.92 Å². The molecule has 0 aliphatic heterocycles. The molecule has 3 unspecified atom stereocenters. The van der Waals surface area contributed by atoms with Gasteiger partial charge in [-0.1, -0.05) is 38.8 Å². The van der Waals surface area contributed by atoms with Gasteiger partial charge in [0.25, 0.3) is 0 Å². The molecule has 4 nitrogen and oxygen atoms in total. The summed E-state index contributed by atoms with van der Waals surface area (Å²) in [5.41, 5.74) is 7.87. The molecule has 1 aromatic carbocycles. The second kappa shape index (κ2) is 5.97. The van der Waals surface area contributed by atoms with E-state index in [1.165, 1.54) is 6.42 Å². The van der Waals surface area contributed by atoms with Crippen molar-refractivity contribution in [1.82, 2.24) is 4.72 Å². The van der Waals surface area contributed by atoms with Crippen molar-refractivity contribution in [2.75, 3.05) is 5.73 Å². The van der Waals surface area contributed by atoms with Crippen LogP contribution in [0.15, 0.2) is 17.0 Å². The van der Waals surface area contributed by atoms with Gasteiger partial charge in [-0.2, -0.15) is 0 Å². The Morgan fingerprint density at radius 3 is 2.43 bits per heavy atom. The fraction of sp³-hybridized carbons (Fsp3) is 0.625. The molecule has 3 N–H and O–H groups in total. The molecule has 0 amide bonds. The predicted octanol–water partition coefficient (Wildman–Crippen LogP) is 2.99. The van der Waals surface area contributed by atoms with Gasteiger partial charge in [-0.3, -0.25) is 0 Å². The van der Waals surface area contributed by atoms with Crippen molar-refractivity contribution in [3.05, 3.63) is 23.3 Å². The SMILES string of the molecule is Cc1ccc(C)c(S(=O)(=O)NC2CCCC(C)C2C)c1N. The molecule has 118 valence electrons. The third-order valence-electron chi connectivity index (χ3n) is 4.89. The Bertz CT molecular complexity index is 625. The first-order chi connectivity index (χ1) is 9.74. The van der Waals surface area contributed by atoms with Crippen molar-refractivity contribution in [1.29, 1.82) is 0 Å². The third kappa shape index (κ3) is 3.24. The van der Waals surface area contributed by atoms with Crippen LogP contribution >= 0.6 is 0 Å². The Kier molecular flexibility index (Phi) is 4.63. The Morgan fingerprint density at radius 2 is 1.76 bits per heavy atom. The molecule has 0 saturated heterocycles. The van der Waals surface area contributed by atoms with Crippen LogP contribution in [0.25, 0.3) is 0 Å². The molecular formula is C16H26N2O2S. The van der Waals surface area contributed by atoms with Crippen molar-refractivity contribution >= 4 is 15.7 Å². The summed E-state index contributed by atoms with van der Waals surface area (Å²) in [5.74, 6) is 0.891. The lowest BCUT2D eigenvalue weighted by molar-refractivity contribution is 0.227. The first-order valence-electron chi connectivity index (χ1n) is 7.62. The summed E-state index contributed by atoms with van der Waals surface area (Å²) in [7, 11) is -3.58. The van der Waals surface area contributed by atoms with Crippen LogP contribution in [0.4, 0.5) is 5.69 Å². The van der Waals surface area contributed by atoms with Gasteiger partial charge in [-0.25, -0.2) is 13.1 Å². The van der Waals surface area contributed by atoms with Gasteiger partial charge in [-0.05, 0) is 43.2 Å². The number of anilines is 1. The maximum absolute atomic E-state index is 12.8. The molecule has 0 bridgehead atoms. The summed E-state index contributed by atoms with van der Waals surface area (Å²) < 4.78 is 28.4. The fourth-order valence-corrected chi connectivity index (χ4v) is 4.96. The Balaban J connectivity index is 2.33. The van der Waals surface area contributed by atoms with Crippen LogP contribution in [0.1, 0.15) is 44.2 Å². The quantitative estimate of drug-likeness (QED) is 0.843. The van der Waals surface area contributed by atoms with Gasteiger partial charge in [0.05, 0.1) is 5.69 Å². The highest BCUT2D eigenvalue weighted by Gasteiger charge is 2.32. The summed E-state index contributed by atoms with van der Waals surface area (Å²) in [5, 5.41) is 0. The molecule has 1 aliphatic rings. The van der Waals surface area contributed by atoms with Gasteiger partial charge in [-0.15, -0.1) is 0 Å². The third-order valence-corrected chi connectivity index (χ3v) is 6.59. The molecule has 1 aliphatic carbocycles. The van der Waals surface area contributed by atoms with Crippen LogP contribution in [-0.2, 0) is 10.0 Å². The second-order valence-electron chi connectivity index (χ2n) is 6.44. The number of sulfonamides is 1. The summed E-state index contributed by atoms with van der Waals surface area (Å²) in [6.45, 7) is 7.94. The highest BCUT2D eigenvalue weighted by Crippen LogP contribution is 2.32. The molecular weight excluding hydrogens is 284 g/mol. The highest BCUT2D eigenvalue weighted by molar-refractivity contribution is 7.89. The van der Waals surface area contributed by atoms with E-state index in [1.807, 2.05) is 19.1 Å². The van der Waals surface area contributed by atoms with Crippen LogP contribution in [0.5, 0.6) is 0 Å². The number of hydrogen-bond donors (Lipinski definition) is 2. The first kappa shape index (κ1) is 16.3. The number of benzene rings is 1. The van der Waals surface area contributed by atoms with E-state index in [4.69, 9.17) is 5.73 Å². The zero-order valence-corrected chi connectivity index (χ0v) is 14.1. The number of aryl methyl sites for hydroxylation is 2. The fourth-order valence-electron chi connectivity index (χ4n) is 3.17. The molecule has 0 aromatic heterocycles. The van der Waals surface area contributed by atoms with Crippen molar-refractivity contribution in [3.8, 4) is 0 Å². The van der Waals surface area contributed by atoms with Gasteiger partial charge in [0.15, 0.2) is 0 Å². The molecule has 0 spiro atoms. The van der Waals surface area contributed by atoms with E-state index in [2.05, 4.69) is 18.6 Å². The smallest absolute Gasteiger partial charge is 0.243 e. The Labute approximate surface area is 128 Å².